The summed E-state index contributed by atoms with van der Waals surface area (Å²) in [5, 5.41) is 17.7. The number of nitrogens with one attached hydrogen (secondary N) is 1. The Hall–Kier alpha value is -2.05. The van der Waals surface area contributed by atoms with Crippen LogP contribution in [0, 0.1) is 6.92 Å². The van der Waals surface area contributed by atoms with E-state index in [0.717, 1.165) is 11.3 Å². The van der Waals surface area contributed by atoms with Gasteiger partial charge in [-0.15, -0.1) is 0 Å². The minimum absolute atomic E-state index is 0.0734. The van der Waals surface area contributed by atoms with Crippen LogP contribution in [0.25, 0.3) is 0 Å². The maximum atomic E-state index is 12.2. The highest BCUT2D eigenvalue weighted by molar-refractivity contribution is 6.31. The summed E-state index contributed by atoms with van der Waals surface area (Å²) in [5.74, 6) is 0.596. The van der Waals surface area contributed by atoms with Crippen LogP contribution >= 0.6 is 11.6 Å². The summed E-state index contributed by atoms with van der Waals surface area (Å²) < 4.78 is 7.07. The van der Waals surface area contributed by atoms with Crippen LogP contribution in [0.3, 0.4) is 0 Å². The minimum atomic E-state index is -0.822. The highest BCUT2D eigenvalue weighted by Gasteiger charge is 2.16. The zero-order valence-corrected chi connectivity index (χ0v) is 15.7. The summed E-state index contributed by atoms with van der Waals surface area (Å²) >= 11 is 5.96. The van der Waals surface area contributed by atoms with E-state index in [4.69, 9.17) is 16.3 Å². The molecule has 0 aliphatic rings. The second-order valence-electron chi connectivity index (χ2n) is 6.32. The average molecular weight is 366 g/mol. The maximum absolute atomic E-state index is 12.2. The first kappa shape index (κ1) is 19.3. The SMILES string of the molecule is Cc1cc(OC[C@@H](O)CNC(=O)c2cc(C(C)C)nn2C)ccc1Cl. The zero-order valence-electron chi connectivity index (χ0n) is 14.9. The van der Waals surface area contributed by atoms with Crippen molar-refractivity contribution in [2.24, 2.45) is 7.05 Å². The number of aromatic nitrogens is 2. The Labute approximate surface area is 152 Å². The average Bonchev–Trinajstić information content (AvgIpc) is 2.96. The Bertz CT molecular complexity index is 743. The van der Waals surface area contributed by atoms with Crippen molar-refractivity contribution in [2.45, 2.75) is 32.8 Å². The molecular formula is C18H24ClN3O3. The second kappa shape index (κ2) is 8.36. The fourth-order valence-corrected chi connectivity index (χ4v) is 2.36. The molecule has 25 heavy (non-hydrogen) atoms. The largest absolute Gasteiger partial charge is 0.491 e. The molecule has 0 aliphatic carbocycles. The molecule has 0 fully saturated rings. The Morgan fingerprint density at radius 2 is 2.12 bits per heavy atom. The van der Waals surface area contributed by atoms with E-state index in [0.29, 0.717) is 16.5 Å². The second-order valence-corrected chi connectivity index (χ2v) is 6.73. The normalized spacial score (nSPS) is 12.3. The molecule has 1 aromatic carbocycles. The van der Waals surface area contributed by atoms with Crippen molar-refractivity contribution in [3.8, 4) is 5.75 Å². The van der Waals surface area contributed by atoms with Gasteiger partial charge in [-0.05, 0) is 42.7 Å². The van der Waals surface area contributed by atoms with Crippen LogP contribution in [0.15, 0.2) is 24.3 Å². The molecule has 1 aromatic heterocycles. The predicted molar refractivity (Wildman–Crippen MR) is 97.3 cm³/mol. The van der Waals surface area contributed by atoms with E-state index in [9.17, 15) is 9.90 Å². The van der Waals surface area contributed by atoms with E-state index in [1.54, 1.807) is 36.0 Å². The number of rotatable bonds is 7. The maximum Gasteiger partial charge on any atom is 0.269 e. The highest BCUT2D eigenvalue weighted by Crippen LogP contribution is 2.21. The van der Waals surface area contributed by atoms with Crippen molar-refractivity contribution in [3.05, 3.63) is 46.2 Å². The van der Waals surface area contributed by atoms with Gasteiger partial charge in [0.2, 0.25) is 0 Å². The number of carbonyl (C=O) groups excluding carboxylic acids is 1. The molecule has 7 heteroatoms. The van der Waals surface area contributed by atoms with Crippen molar-refractivity contribution in [3.63, 3.8) is 0 Å². The summed E-state index contributed by atoms with van der Waals surface area (Å²) in [5.41, 5.74) is 2.22. The Morgan fingerprint density at radius 3 is 2.72 bits per heavy atom. The third-order valence-electron chi connectivity index (χ3n) is 3.79. The number of ether oxygens (including phenoxy) is 1. The molecular weight excluding hydrogens is 342 g/mol. The molecule has 0 aliphatic heterocycles. The summed E-state index contributed by atoms with van der Waals surface area (Å²) in [7, 11) is 1.73. The molecule has 0 spiro atoms. The topological polar surface area (TPSA) is 76.4 Å². The number of carbonyl (C=O) groups is 1. The van der Waals surface area contributed by atoms with Gasteiger partial charge in [0.25, 0.3) is 5.91 Å². The Balaban J connectivity index is 1.83. The van der Waals surface area contributed by atoms with Crippen molar-refractivity contribution in [2.75, 3.05) is 13.2 Å². The lowest BCUT2D eigenvalue weighted by molar-refractivity contribution is 0.0836. The molecule has 0 radical (unpaired) electrons. The van der Waals surface area contributed by atoms with Gasteiger partial charge in [0.15, 0.2) is 0 Å². The molecule has 0 saturated heterocycles. The molecule has 0 saturated carbocycles. The van der Waals surface area contributed by atoms with E-state index >= 15 is 0 Å². The first-order valence-corrected chi connectivity index (χ1v) is 8.55. The molecule has 2 N–H and O–H groups in total. The molecule has 0 bridgehead atoms. The van der Waals surface area contributed by atoms with Crippen molar-refractivity contribution < 1.29 is 14.6 Å². The van der Waals surface area contributed by atoms with Crippen LogP contribution in [-0.4, -0.2) is 40.0 Å². The van der Waals surface area contributed by atoms with Gasteiger partial charge < -0.3 is 15.2 Å². The Morgan fingerprint density at radius 1 is 1.40 bits per heavy atom. The van der Waals surface area contributed by atoms with Crippen molar-refractivity contribution >= 4 is 17.5 Å². The lowest BCUT2D eigenvalue weighted by Gasteiger charge is -2.14. The first-order valence-electron chi connectivity index (χ1n) is 8.17. The van der Waals surface area contributed by atoms with Gasteiger partial charge in [-0.25, -0.2) is 0 Å². The number of hydrogen-bond donors (Lipinski definition) is 2. The van der Waals surface area contributed by atoms with E-state index in [1.807, 2.05) is 20.8 Å². The number of benzene rings is 1. The fourth-order valence-electron chi connectivity index (χ4n) is 2.24. The van der Waals surface area contributed by atoms with Crippen LogP contribution in [0.5, 0.6) is 5.75 Å². The van der Waals surface area contributed by atoms with Crippen LogP contribution in [0.1, 0.15) is 41.5 Å². The van der Waals surface area contributed by atoms with Gasteiger partial charge in [-0.1, -0.05) is 25.4 Å². The molecule has 6 nitrogen and oxygen atoms in total. The van der Waals surface area contributed by atoms with Gasteiger partial charge in [0.05, 0.1) is 5.69 Å². The lowest BCUT2D eigenvalue weighted by atomic mass is 10.1. The van der Waals surface area contributed by atoms with Crippen molar-refractivity contribution in [1.82, 2.24) is 15.1 Å². The fraction of sp³-hybridized carbons (Fsp3) is 0.444. The van der Waals surface area contributed by atoms with Crippen molar-refractivity contribution in [1.29, 1.82) is 0 Å². The smallest absolute Gasteiger partial charge is 0.269 e. The van der Waals surface area contributed by atoms with E-state index in [2.05, 4.69) is 10.4 Å². The lowest BCUT2D eigenvalue weighted by Crippen LogP contribution is -2.36. The number of amides is 1. The number of aliphatic hydroxyl groups excluding tert-OH is 1. The molecule has 136 valence electrons. The third kappa shape index (κ3) is 5.21. The van der Waals surface area contributed by atoms with Crippen LogP contribution < -0.4 is 10.1 Å². The van der Waals surface area contributed by atoms with Gasteiger partial charge in [-0.2, -0.15) is 5.10 Å². The van der Waals surface area contributed by atoms with E-state index < -0.39 is 6.10 Å². The van der Waals surface area contributed by atoms with E-state index in [1.165, 1.54) is 0 Å². The summed E-state index contributed by atoms with van der Waals surface area (Å²) in [6, 6.07) is 7.05. The standard InChI is InChI=1S/C18H24ClN3O3/c1-11(2)16-8-17(22(4)21-16)18(24)20-9-13(23)10-25-14-5-6-15(19)12(3)7-14/h5-8,11,13,23H,9-10H2,1-4H3,(H,20,24)/t13-/m0/s1. The predicted octanol–water partition coefficient (Wildman–Crippen LogP) is 2.68. The number of halogens is 1. The number of nitrogens with zero attached hydrogens (tertiary/aromatic N) is 2. The van der Waals surface area contributed by atoms with Gasteiger partial charge in [0, 0.05) is 18.6 Å². The van der Waals surface area contributed by atoms with E-state index in [-0.39, 0.29) is 25.0 Å². The van der Waals surface area contributed by atoms with Crippen LogP contribution in [0.4, 0.5) is 0 Å². The van der Waals surface area contributed by atoms with Crippen LogP contribution in [-0.2, 0) is 7.05 Å². The van der Waals surface area contributed by atoms with Gasteiger partial charge in [-0.3, -0.25) is 9.48 Å². The highest BCUT2D eigenvalue weighted by atomic mass is 35.5. The molecule has 0 unspecified atom stereocenters. The molecule has 2 aromatic rings. The molecule has 1 heterocycles. The number of aryl methyl sites for hydroxylation is 2. The summed E-state index contributed by atoms with van der Waals surface area (Å²) in [6.07, 6.45) is -0.822. The monoisotopic (exact) mass is 365 g/mol. The number of hydrogen-bond acceptors (Lipinski definition) is 4. The van der Waals surface area contributed by atoms with Crippen LogP contribution in [0.2, 0.25) is 5.02 Å². The minimum Gasteiger partial charge on any atom is -0.491 e. The quantitative estimate of drug-likeness (QED) is 0.790. The first-order chi connectivity index (χ1) is 11.8. The summed E-state index contributed by atoms with van der Waals surface area (Å²) in [4.78, 5) is 12.2. The molecule has 1 amide bonds. The molecule has 2 rings (SSSR count). The number of aliphatic hydroxyl groups is 1. The zero-order chi connectivity index (χ0) is 18.6. The Kier molecular flexibility index (Phi) is 6.45. The third-order valence-corrected chi connectivity index (χ3v) is 4.22. The van der Waals surface area contributed by atoms with Gasteiger partial charge in [0.1, 0.15) is 24.2 Å². The summed E-state index contributed by atoms with van der Waals surface area (Å²) in [6.45, 7) is 6.08. The van der Waals surface area contributed by atoms with Gasteiger partial charge >= 0.3 is 0 Å². The molecule has 1 atom stereocenters.